The predicted octanol–water partition coefficient (Wildman–Crippen LogP) is 3.21. The van der Waals surface area contributed by atoms with Gasteiger partial charge in [0.05, 0.1) is 12.1 Å². The number of carbonyl (C=O) groups excluding carboxylic acids is 1. The van der Waals surface area contributed by atoms with Crippen molar-refractivity contribution in [3.63, 3.8) is 0 Å². The highest BCUT2D eigenvalue weighted by molar-refractivity contribution is 5.83. The lowest BCUT2D eigenvalue weighted by molar-refractivity contribution is -0.127. The summed E-state index contributed by atoms with van der Waals surface area (Å²) in [6, 6.07) is 0.844. The third-order valence-corrected chi connectivity index (χ3v) is 10.7. The van der Waals surface area contributed by atoms with Crippen LogP contribution in [0.4, 0.5) is 0 Å². The first-order valence-electron chi connectivity index (χ1n) is 14.8. The van der Waals surface area contributed by atoms with E-state index in [4.69, 9.17) is 16.2 Å². The van der Waals surface area contributed by atoms with E-state index >= 15 is 0 Å². The van der Waals surface area contributed by atoms with E-state index in [1.54, 1.807) is 0 Å². The van der Waals surface area contributed by atoms with Gasteiger partial charge < -0.3 is 26.7 Å². The lowest BCUT2D eigenvalue weighted by atomic mass is 9.66. The molecule has 36 heavy (non-hydrogen) atoms. The number of likely N-dealkylation sites (tertiary alicyclic amines) is 1. The molecule has 6 N–H and O–H groups in total. The average Bonchev–Trinajstić information content (AvgIpc) is 3.26. The number of hydrogen-bond acceptors (Lipinski definition) is 6. The summed E-state index contributed by atoms with van der Waals surface area (Å²) >= 11 is 0. The number of rotatable bonds is 6. The zero-order valence-corrected chi connectivity index (χ0v) is 22.2. The summed E-state index contributed by atoms with van der Waals surface area (Å²) in [6.45, 7) is 1.01. The largest absolute Gasteiger partial charge is 0.409 e. The number of oxime groups is 1. The van der Waals surface area contributed by atoms with Gasteiger partial charge in [-0.3, -0.25) is 9.69 Å². The fourth-order valence-electron chi connectivity index (χ4n) is 8.60. The van der Waals surface area contributed by atoms with Crippen LogP contribution in [-0.2, 0) is 9.53 Å². The number of amidine groups is 1. The van der Waals surface area contributed by atoms with Crippen LogP contribution in [0.5, 0.6) is 0 Å². The Hall–Kier alpha value is -1.38. The minimum absolute atomic E-state index is 0.0522. The average molecular weight is 504 g/mol. The minimum atomic E-state index is -0.0522. The minimum Gasteiger partial charge on any atom is -0.409 e. The Bertz CT molecular complexity index is 785. The van der Waals surface area contributed by atoms with Gasteiger partial charge in [-0.15, -0.1) is 0 Å². The highest BCUT2D eigenvalue weighted by atomic mass is 16.5. The number of hydrogen-bond donors (Lipinski definition) is 4. The molecule has 8 unspecified atom stereocenters. The molecule has 4 aliphatic carbocycles. The van der Waals surface area contributed by atoms with E-state index in [2.05, 4.69) is 15.4 Å². The van der Waals surface area contributed by atoms with E-state index < -0.39 is 0 Å². The number of nitrogens with two attached hydrogens (primary N) is 2. The van der Waals surface area contributed by atoms with E-state index in [-0.39, 0.29) is 30.0 Å². The van der Waals surface area contributed by atoms with Gasteiger partial charge in [-0.1, -0.05) is 5.16 Å². The van der Waals surface area contributed by atoms with Crippen molar-refractivity contribution < 1.29 is 14.7 Å². The van der Waals surface area contributed by atoms with Gasteiger partial charge in [0.1, 0.15) is 5.84 Å². The molecule has 4 saturated carbocycles. The van der Waals surface area contributed by atoms with Crippen LogP contribution in [0, 0.1) is 29.6 Å². The van der Waals surface area contributed by atoms with E-state index in [9.17, 15) is 10.0 Å². The summed E-state index contributed by atoms with van der Waals surface area (Å²) in [7, 11) is 1.86. The first kappa shape index (κ1) is 26.2. The van der Waals surface area contributed by atoms with Gasteiger partial charge in [0.15, 0.2) is 0 Å². The second-order valence-corrected chi connectivity index (χ2v) is 12.8. The van der Waals surface area contributed by atoms with Crippen molar-refractivity contribution >= 4 is 11.7 Å². The molecule has 1 heterocycles. The second-order valence-electron chi connectivity index (χ2n) is 12.8. The maximum Gasteiger partial charge on any atom is 0.237 e. The SMILES string of the molecule is COC1CCC2CC(CN3C(C(=O)NC4CCC(N)CC4)CC4CCC(/C(N)=N\O)CC43)CCC2C1. The lowest BCUT2D eigenvalue weighted by Crippen LogP contribution is -2.52. The maximum absolute atomic E-state index is 13.7. The number of methoxy groups -OCH3 is 1. The van der Waals surface area contributed by atoms with Crippen LogP contribution in [0.2, 0.25) is 0 Å². The summed E-state index contributed by atoms with van der Waals surface area (Å²) in [6.07, 6.45) is 15.8. The molecule has 1 amide bonds. The molecular formula is C28H49N5O3. The zero-order valence-electron chi connectivity index (χ0n) is 22.2. The molecule has 0 spiro atoms. The molecule has 8 heteroatoms. The number of ether oxygens (including phenoxy) is 1. The molecule has 0 aromatic carbocycles. The Morgan fingerprint density at radius 3 is 2.42 bits per heavy atom. The van der Waals surface area contributed by atoms with Crippen molar-refractivity contribution in [1.82, 2.24) is 10.2 Å². The van der Waals surface area contributed by atoms with Crippen LogP contribution < -0.4 is 16.8 Å². The number of fused-ring (bicyclic) bond motifs is 2. The molecule has 1 aliphatic heterocycles. The van der Waals surface area contributed by atoms with Crippen molar-refractivity contribution in [1.29, 1.82) is 0 Å². The number of nitrogens with one attached hydrogen (secondary N) is 1. The van der Waals surface area contributed by atoms with E-state index in [1.807, 2.05) is 7.11 Å². The zero-order chi connectivity index (χ0) is 25.2. The van der Waals surface area contributed by atoms with Crippen molar-refractivity contribution in [2.75, 3.05) is 13.7 Å². The quantitative estimate of drug-likeness (QED) is 0.191. The number of nitrogens with zero attached hydrogens (tertiary/aromatic N) is 2. The molecular weight excluding hydrogens is 454 g/mol. The van der Waals surface area contributed by atoms with Gasteiger partial charge in [-0.2, -0.15) is 0 Å². The molecule has 5 aliphatic rings. The van der Waals surface area contributed by atoms with Gasteiger partial charge in [0.2, 0.25) is 5.91 Å². The maximum atomic E-state index is 13.7. The van der Waals surface area contributed by atoms with Crippen molar-refractivity contribution in [3.8, 4) is 0 Å². The van der Waals surface area contributed by atoms with E-state index in [0.29, 0.717) is 29.8 Å². The lowest BCUT2D eigenvalue weighted by Gasteiger charge is -2.44. The van der Waals surface area contributed by atoms with E-state index in [1.165, 1.54) is 38.5 Å². The summed E-state index contributed by atoms with van der Waals surface area (Å²) in [5.74, 6) is 3.48. The molecule has 5 rings (SSSR count). The molecule has 5 fully saturated rings. The third kappa shape index (κ3) is 5.70. The monoisotopic (exact) mass is 503 g/mol. The first-order valence-corrected chi connectivity index (χ1v) is 14.8. The second kappa shape index (κ2) is 11.6. The third-order valence-electron chi connectivity index (χ3n) is 10.7. The topological polar surface area (TPSA) is 126 Å². The van der Waals surface area contributed by atoms with Crippen LogP contribution in [0.3, 0.4) is 0 Å². The van der Waals surface area contributed by atoms with Gasteiger partial charge in [0.25, 0.3) is 0 Å². The predicted molar refractivity (Wildman–Crippen MR) is 140 cm³/mol. The normalized spacial score (nSPS) is 44.0. The Balaban J connectivity index is 1.27. The van der Waals surface area contributed by atoms with Crippen LogP contribution in [-0.4, -0.2) is 65.8 Å². The molecule has 1 saturated heterocycles. The van der Waals surface area contributed by atoms with Gasteiger partial charge in [-0.25, -0.2) is 0 Å². The van der Waals surface area contributed by atoms with Crippen molar-refractivity contribution in [2.45, 2.75) is 120 Å². The van der Waals surface area contributed by atoms with E-state index in [0.717, 1.165) is 69.7 Å². The Morgan fingerprint density at radius 1 is 0.944 bits per heavy atom. The highest BCUT2D eigenvalue weighted by Gasteiger charge is 2.49. The number of carbonyl (C=O) groups is 1. The smallest absolute Gasteiger partial charge is 0.237 e. The molecule has 8 atom stereocenters. The van der Waals surface area contributed by atoms with Crippen LogP contribution in [0.25, 0.3) is 0 Å². The van der Waals surface area contributed by atoms with Crippen molar-refractivity contribution in [2.24, 2.45) is 46.2 Å². The molecule has 8 nitrogen and oxygen atoms in total. The fraction of sp³-hybridized carbons (Fsp3) is 0.929. The van der Waals surface area contributed by atoms with Gasteiger partial charge in [0, 0.05) is 37.7 Å². The summed E-state index contributed by atoms with van der Waals surface area (Å²) in [4.78, 5) is 16.2. The molecule has 0 radical (unpaired) electrons. The fourth-order valence-corrected chi connectivity index (χ4v) is 8.60. The Kier molecular flexibility index (Phi) is 8.43. The highest BCUT2D eigenvalue weighted by Crippen LogP contribution is 2.46. The standard InChI is InChI=1S/C28H49N5O3/c1-36-24-11-6-18-12-17(2-3-19(18)13-24)16-33-25-15-21(27(30)32-35)5-4-20(25)14-26(33)28(34)31-23-9-7-22(29)8-10-23/h17-26,35H,2-16,29H2,1H3,(H2,30,32)(H,31,34). The van der Waals surface area contributed by atoms with Gasteiger partial charge >= 0.3 is 0 Å². The van der Waals surface area contributed by atoms with Gasteiger partial charge in [-0.05, 0) is 114 Å². The number of amides is 1. The van der Waals surface area contributed by atoms with Crippen LogP contribution in [0.1, 0.15) is 89.9 Å². The van der Waals surface area contributed by atoms with Crippen molar-refractivity contribution in [3.05, 3.63) is 0 Å². The summed E-state index contributed by atoms with van der Waals surface area (Å²) in [5, 5.41) is 16.1. The summed E-state index contributed by atoms with van der Waals surface area (Å²) < 4.78 is 5.68. The molecule has 0 aromatic rings. The first-order chi connectivity index (χ1) is 17.4. The Morgan fingerprint density at radius 2 is 1.67 bits per heavy atom. The summed E-state index contributed by atoms with van der Waals surface area (Å²) in [5.41, 5.74) is 12.2. The Labute approximate surface area is 216 Å². The molecule has 204 valence electrons. The molecule has 0 aromatic heterocycles. The van der Waals surface area contributed by atoms with Crippen LogP contribution in [0.15, 0.2) is 5.16 Å². The van der Waals surface area contributed by atoms with Crippen LogP contribution >= 0.6 is 0 Å². The molecule has 0 bridgehead atoms.